The van der Waals surface area contributed by atoms with E-state index < -0.39 is 13.8 Å². The number of hydrogen-bond donors (Lipinski definition) is 0. The lowest BCUT2D eigenvalue weighted by Crippen LogP contribution is -2.04. The third-order valence-electron chi connectivity index (χ3n) is 2.34. The van der Waals surface area contributed by atoms with Gasteiger partial charge in [-0.2, -0.15) is 0 Å². The molecule has 0 aliphatic heterocycles. The van der Waals surface area contributed by atoms with E-state index in [0.717, 1.165) is 25.3 Å². The summed E-state index contributed by atoms with van der Waals surface area (Å²) in [5.74, 6) is -0.817. The fraction of sp³-hybridized carbons (Fsp3) is 0.750. The number of phosphoric ester groups is 1. The van der Waals surface area contributed by atoms with Crippen molar-refractivity contribution < 1.29 is 22.9 Å². The number of carbonyl (C=O) groups excluding carboxylic acids is 1. The zero-order valence-corrected chi connectivity index (χ0v) is 12.1. The van der Waals surface area contributed by atoms with Crippen LogP contribution in [0.5, 0.6) is 0 Å². The topological polar surface area (TPSA) is 61.8 Å². The van der Waals surface area contributed by atoms with E-state index in [-0.39, 0.29) is 6.61 Å². The molecular formula is C12H23O5P. The molecular weight excluding hydrogens is 255 g/mol. The highest BCUT2D eigenvalue weighted by Crippen LogP contribution is 2.48. The van der Waals surface area contributed by atoms with E-state index in [1.54, 1.807) is 0 Å². The molecule has 0 saturated carbocycles. The van der Waals surface area contributed by atoms with Crippen molar-refractivity contribution in [3.8, 4) is 0 Å². The molecule has 0 N–H and O–H groups in total. The molecule has 0 spiro atoms. The maximum absolute atomic E-state index is 11.8. The zero-order valence-electron chi connectivity index (χ0n) is 11.2. The summed E-state index contributed by atoms with van der Waals surface area (Å²) in [7, 11) is -2.58. The predicted molar refractivity (Wildman–Crippen MR) is 70.2 cm³/mol. The van der Waals surface area contributed by atoms with Gasteiger partial charge in [0.2, 0.25) is 0 Å². The molecule has 106 valence electrons. The Balaban J connectivity index is 3.76. The van der Waals surface area contributed by atoms with Gasteiger partial charge in [-0.15, -0.1) is 0 Å². The number of carbonyl (C=O) groups is 1. The van der Waals surface area contributed by atoms with E-state index in [0.29, 0.717) is 0 Å². The maximum atomic E-state index is 11.8. The van der Waals surface area contributed by atoms with Crippen molar-refractivity contribution in [2.24, 2.45) is 0 Å². The molecule has 1 unspecified atom stereocenters. The first-order valence-electron chi connectivity index (χ1n) is 6.24. The number of unbranched alkanes of at least 4 members (excludes halogenated alkanes) is 5. The van der Waals surface area contributed by atoms with Gasteiger partial charge in [0.25, 0.3) is 0 Å². The average molecular weight is 278 g/mol. The van der Waals surface area contributed by atoms with Crippen LogP contribution in [0.1, 0.15) is 45.4 Å². The first kappa shape index (κ1) is 17.4. The van der Waals surface area contributed by atoms with Crippen LogP contribution >= 0.6 is 7.82 Å². The van der Waals surface area contributed by atoms with E-state index in [9.17, 15) is 9.36 Å². The Kier molecular flexibility index (Phi) is 9.93. The molecule has 18 heavy (non-hydrogen) atoms. The monoisotopic (exact) mass is 278 g/mol. The molecule has 0 saturated heterocycles. The second kappa shape index (κ2) is 10.3. The minimum atomic E-state index is -3.76. The van der Waals surface area contributed by atoms with Gasteiger partial charge in [-0.3, -0.25) is 9.05 Å². The largest absolute Gasteiger partial charge is 0.532 e. The summed E-state index contributed by atoms with van der Waals surface area (Å²) >= 11 is 0. The van der Waals surface area contributed by atoms with Gasteiger partial charge in [0, 0.05) is 13.2 Å². The van der Waals surface area contributed by atoms with Crippen LogP contribution in [-0.2, 0) is 22.9 Å². The second-order valence-electron chi connectivity index (χ2n) is 3.85. The molecule has 0 amide bonds. The Morgan fingerprint density at radius 1 is 1.22 bits per heavy atom. The van der Waals surface area contributed by atoms with Gasteiger partial charge in [0.15, 0.2) is 0 Å². The van der Waals surface area contributed by atoms with E-state index in [1.165, 1.54) is 26.4 Å². The van der Waals surface area contributed by atoms with Gasteiger partial charge >= 0.3 is 13.8 Å². The van der Waals surface area contributed by atoms with Crippen LogP contribution in [-0.4, -0.2) is 19.7 Å². The van der Waals surface area contributed by atoms with Gasteiger partial charge in [-0.1, -0.05) is 45.6 Å². The fourth-order valence-corrected chi connectivity index (χ4v) is 2.20. The molecule has 0 heterocycles. The molecule has 0 aromatic heterocycles. The van der Waals surface area contributed by atoms with Crippen LogP contribution in [0.25, 0.3) is 0 Å². The molecule has 0 fully saturated rings. The van der Waals surface area contributed by atoms with Gasteiger partial charge in [-0.05, 0) is 6.42 Å². The average Bonchev–Trinajstić information content (AvgIpc) is 2.37. The van der Waals surface area contributed by atoms with Crippen LogP contribution in [0.2, 0.25) is 0 Å². The number of rotatable bonds is 11. The second-order valence-corrected chi connectivity index (χ2v) is 5.55. The Hall–Kier alpha value is -0.640. The van der Waals surface area contributed by atoms with Gasteiger partial charge in [0.1, 0.15) is 0 Å². The highest BCUT2D eigenvalue weighted by molar-refractivity contribution is 7.49. The maximum Gasteiger partial charge on any atom is 0.532 e. The van der Waals surface area contributed by atoms with E-state index >= 15 is 0 Å². The lowest BCUT2D eigenvalue weighted by Gasteiger charge is -2.14. The smallest absolute Gasteiger partial charge is 0.367 e. The van der Waals surface area contributed by atoms with E-state index in [1.807, 2.05) is 0 Å². The van der Waals surface area contributed by atoms with Crippen molar-refractivity contribution in [1.82, 2.24) is 0 Å². The van der Waals surface area contributed by atoms with Crippen LogP contribution in [0, 0.1) is 0 Å². The fourth-order valence-electron chi connectivity index (χ4n) is 1.32. The minimum absolute atomic E-state index is 0.252. The quantitative estimate of drug-likeness (QED) is 0.326. The number of hydrogen-bond acceptors (Lipinski definition) is 5. The summed E-state index contributed by atoms with van der Waals surface area (Å²) in [6, 6.07) is 0. The van der Waals surface area contributed by atoms with Gasteiger partial charge < -0.3 is 4.52 Å². The standard InChI is InChI=1S/C12H23O5P/c1-4-6-7-8-9-10-11-16-18(14,15-3)17-12(13)5-2/h5H,2,4,6-11H2,1,3H3. The van der Waals surface area contributed by atoms with Crippen molar-refractivity contribution in [2.75, 3.05) is 13.7 Å². The molecule has 0 bridgehead atoms. The number of phosphoric acid groups is 1. The third-order valence-corrected chi connectivity index (χ3v) is 3.69. The van der Waals surface area contributed by atoms with Crippen molar-refractivity contribution in [3.05, 3.63) is 12.7 Å². The predicted octanol–water partition coefficient (Wildman–Crippen LogP) is 3.85. The molecule has 0 radical (unpaired) electrons. The molecule has 0 aromatic carbocycles. The van der Waals surface area contributed by atoms with Crippen molar-refractivity contribution >= 4 is 13.8 Å². The molecule has 1 atom stereocenters. The summed E-state index contributed by atoms with van der Waals surface area (Å²) in [6.45, 7) is 5.62. The Labute approximate surface area is 109 Å². The molecule has 0 rings (SSSR count). The minimum Gasteiger partial charge on any atom is -0.367 e. The Morgan fingerprint density at radius 3 is 2.39 bits per heavy atom. The summed E-state index contributed by atoms with van der Waals surface area (Å²) in [5.41, 5.74) is 0. The third kappa shape index (κ3) is 8.45. The van der Waals surface area contributed by atoms with Gasteiger partial charge in [-0.25, -0.2) is 9.36 Å². The van der Waals surface area contributed by atoms with E-state index in [4.69, 9.17) is 4.52 Å². The molecule has 5 nitrogen and oxygen atoms in total. The van der Waals surface area contributed by atoms with Crippen LogP contribution in [0.3, 0.4) is 0 Å². The first-order chi connectivity index (χ1) is 8.58. The molecule has 0 aliphatic rings. The van der Waals surface area contributed by atoms with Crippen LogP contribution < -0.4 is 0 Å². The lowest BCUT2D eigenvalue weighted by molar-refractivity contribution is -0.130. The van der Waals surface area contributed by atoms with Crippen molar-refractivity contribution in [2.45, 2.75) is 45.4 Å². The van der Waals surface area contributed by atoms with Crippen LogP contribution in [0.15, 0.2) is 12.7 Å². The first-order valence-corrected chi connectivity index (χ1v) is 7.70. The molecule has 0 aromatic rings. The zero-order chi connectivity index (χ0) is 13.9. The Bertz CT molecular complexity index is 290. The molecule has 0 aliphatic carbocycles. The molecule has 6 heteroatoms. The lowest BCUT2D eigenvalue weighted by atomic mass is 10.1. The van der Waals surface area contributed by atoms with Crippen molar-refractivity contribution in [1.29, 1.82) is 0 Å². The van der Waals surface area contributed by atoms with Crippen molar-refractivity contribution in [3.63, 3.8) is 0 Å². The highest BCUT2D eigenvalue weighted by atomic mass is 31.2. The summed E-state index contributed by atoms with van der Waals surface area (Å²) < 4.78 is 25.9. The highest BCUT2D eigenvalue weighted by Gasteiger charge is 2.28. The summed E-state index contributed by atoms with van der Waals surface area (Å²) in [6.07, 6.45) is 7.44. The van der Waals surface area contributed by atoms with Gasteiger partial charge in [0.05, 0.1) is 6.61 Å². The summed E-state index contributed by atoms with van der Waals surface area (Å²) in [5, 5.41) is 0. The van der Waals surface area contributed by atoms with Crippen LogP contribution in [0.4, 0.5) is 0 Å². The SMILES string of the molecule is C=CC(=O)OP(=O)(OC)OCCCCCCCC. The van der Waals surface area contributed by atoms with E-state index in [2.05, 4.69) is 22.6 Å². The summed E-state index contributed by atoms with van der Waals surface area (Å²) in [4.78, 5) is 10.9. The normalized spacial score (nSPS) is 13.9. The Morgan fingerprint density at radius 2 is 1.83 bits per heavy atom.